The number of hydrogen-bond donors (Lipinski definition) is 0. The van der Waals surface area contributed by atoms with Crippen molar-refractivity contribution in [2.24, 2.45) is 0 Å². The maximum Gasteiger partial charge on any atom is 0.274 e. The Labute approximate surface area is 173 Å². The molecule has 1 amide bonds. The zero-order chi connectivity index (χ0) is 20.9. The van der Waals surface area contributed by atoms with Crippen molar-refractivity contribution >= 4 is 5.91 Å². The van der Waals surface area contributed by atoms with Crippen molar-refractivity contribution in [1.29, 1.82) is 0 Å². The second kappa shape index (κ2) is 9.04. The SMILES string of the molecule is O=C(c1ccn(COc2ccc(F)cc2)n1)N1CCN(Cc2ccc(F)cc2)CC1. The van der Waals surface area contributed by atoms with E-state index < -0.39 is 0 Å². The summed E-state index contributed by atoms with van der Waals surface area (Å²) in [5, 5.41) is 4.29. The van der Waals surface area contributed by atoms with Crippen LogP contribution < -0.4 is 4.74 Å². The standard InChI is InChI=1S/C22H22F2N4O2/c23-18-3-1-17(2-4-18)15-26-11-13-27(14-12-26)22(29)21-9-10-28(25-21)16-30-20-7-5-19(24)6-8-20/h1-10H,11-16H2. The quantitative estimate of drug-likeness (QED) is 0.624. The van der Waals surface area contributed by atoms with Crippen LogP contribution in [0.2, 0.25) is 0 Å². The summed E-state index contributed by atoms with van der Waals surface area (Å²) in [6.45, 7) is 3.58. The van der Waals surface area contributed by atoms with Gasteiger partial charge in [-0.2, -0.15) is 5.10 Å². The summed E-state index contributed by atoms with van der Waals surface area (Å²) < 4.78 is 33.0. The van der Waals surface area contributed by atoms with Crippen LogP contribution in [-0.4, -0.2) is 51.7 Å². The van der Waals surface area contributed by atoms with Gasteiger partial charge in [-0.1, -0.05) is 12.1 Å². The Balaban J connectivity index is 1.27. The number of rotatable bonds is 6. The van der Waals surface area contributed by atoms with Crippen LogP contribution in [-0.2, 0) is 13.3 Å². The predicted octanol–water partition coefficient (Wildman–Crippen LogP) is 3.16. The van der Waals surface area contributed by atoms with Gasteiger partial charge in [0.2, 0.25) is 0 Å². The number of piperazine rings is 1. The molecular formula is C22H22F2N4O2. The minimum absolute atomic E-state index is 0.114. The molecule has 0 atom stereocenters. The molecule has 1 fully saturated rings. The number of halogens is 2. The Morgan fingerprint density at radius 3 is 2.20 bits per heavy atom. The lowest BCUT2D eigenvalue weighted by Crippen LogP contribution is -2.48. The molecule has 0 spiro atoms. The zero-order valence-electron chi connectivity index (χ0n) is 16.4. The summed E-state index contributed by atoms with van der Waals surface area (Å²) in [7, 11) is 0. The van der Waals surface area contributed by atoms with E-state index in [0.29, 0.717) is 24.5 Å². The van der Waals surface area contributed by atoms with Crippen LogP contribution in [0.4, 0.5) is 8.78 Å². The summed E-state index contributed by atoms with van der Waals surface area (Å²) in [4.78, 5) is 16.8. The molecule has 0 saturated carbocycles. The first-order chi connectivity index (χ1) is 14.6. The lowest BCUT2D eigenvalue weighted by molar-refractivity contribution is 0.0620. The molecule has 4 rings (SSSR count). The number of ether oxygens (including phenoxy) is 1. The molecule has 156 valence electrons. The average molecular weight is 412 g/mol. The Morgan fingerprint density at radius 1 is 0.900 bits per heavy atom. The minimum Gasteiger partial charge on any atom is -0.471 e. The van der Waals surface area contributed by atoms with E-state index in [1.807, 2.05) is 0 Å². The highest BCUT2D eigenvalue weighted by molar-refractivity contribution is 5.92. The van der Waals surface area contributed by atoms with Gasteiger partial charge in [0.25, 0.3) is 5.91 Å². The van der Waals surface area contributed by atoms with E-state index in [1.165, 1.54) is 41.1 Å². The number of aromatic nitrogens is 2. The second-order valence-corrected chi connectivity index (χ2v) is 7.16. The van der Waals surface area contributed by atoms with Crippen molar-refractivity contribution in [3.05, 3.63) is 83.7 Å². The van der Waals surface area contributed by atoms with Gasteiger partial charge in [-0.05, 0) is 48.0 Å². The average Bonchev–Trinajstić information content (AvgIpc) is 3.24. The van der Waals surface area contributed by atoms with Crippen molar-refractivity contribution in [2.45, 2.75) is 13.3 Å². The fraction of sp³-hybridized carbons (Fsp3) is 0.273. The van der Waals surface area contributed by atoms with Crippen LogP contribution >= 0.6 is 0 Å². The number of carbonyl (C=O) groups is 1. The monoisotopic (exact) mass is 412 g/mol. The number of benzene rings is 2. The lowest BCUT2D eigenvalue weighted by atomic mass is 10.2. The van der Waals surface area contributed by atoms with Crippen LogP contribution in [0.3, 0.4) is 0 Å². The topological polar surface area (TPSA) is 50.6 Å². The Bertz CT molecular complexity index is 981. The summed E-state index contributed by atoms with van der Waals surface area (Å²) in [6.07, 6.45) is 1.68. The highest BCUT2D eigenvalue weighted by Gasteiger charge is 2.23. The predicted molar refractivity (Wildman–Crippen MR) is 107 cm³/mol. The van der Waals surface area contributed by atoms with Gasteiger partial charge in [-0.15, -0.1) is 0 Å². The molecule has 6 nitrogen and oxygen atoms in total. The molecule has 1 aliphatic rings. The Hall–Kier alpha value is -3.26. The van der Waals surface area contributed by atoms with Crippen LogP contribution in [0.5, 0.6) is 5.75 Å². The summed E-state index contributed by atoms with van der Waals surface area (Å²) in [5.74, 6) is -0.155. The first-order valence-electron chi connectivity index (χ1n) is 9.75. The van der Waals surface area contributed by atoms with E-state index >= 15 is 0 Å². The molecule has 3 aromatic rings. The van der Waals surface area contributed by atoms with Crippen molar-refractivity contribution in [3.8, 4) is 5.75 Å². The van der Waals surface area contributed by atoms with Crippen LogP contribution in [0.15, 0.2) is 60.8 Å². The van der Waals surface area contributed by atoms with Crippen LogP contribution in [0.1, 0.15) is 16.1 Å². The fourth-order valence-corrected chi connectivity index (χ4v) is 3.34. The Kier molecular flexibility index (Phi) is 6.04. The van der Waals surface area contributed by atoms with Crippen LogP contribution in [0, 0.1) is 11.6 Å². The highest BCUT2D eigenvalue weighted by atomic mass is 19.1. The van der Waals surface area contributed by atoms with Gasteiger partial charge in [0.15, 0.2) is 12.4 Å². The molecular weight excluding hydrogens is 390 g/mol. The van der Waals surface area contributed by atoms with E-state index in [2.05, 4.69) is 10.00 Å². The maximum atomic E-state index is 13.0. The lowest BCUT2D eigenvalue weighted by Gasteiger charge is -2.34. The normalized spacial score (nSPS) is 14.7. The number of carbonyl (C=O) groups excluding carboxylic acids is 1. The second-order valence-electron chi connectivity index (χ2n) is 7.16. The maximum absolute atomic E-state index is 13.0. The molecule has 1 saturated heterocycles. The smallest absolute Gasteiger partial charge is 0.274 e. The van der Waals surface area contributed by atoms with E-state index in [-0.39, 0.29) is 24.3 Å². The van der Waals surface area contributed by atoms with E-state index in [9.17, 15) is 13.6 Å². The van der Waals surface area contributed by atoms with Gasteiger partial charge >= 0.3 is 0 Å². The largest absolute Gasteiger partial charge is 0.471 e. The molecule has 2 aromatic carbocycles. The Morgan fingerprint density at radius 2 is 1.53 bits per heavy atom. The number of nitrogens with zero attached hydrogens (tertiary/aromatic N) is 4. The summed E-state index contributed by atoms with van der Waals surface area (Å²) >= 11 is 0. The molecule has 0 radical (unpaired) electrons. The third kappa shape index (κ3) is 5.01. The van der Waals surface area contributed by atoms with Gasteiger partial charge in [-0.3, -0.25) is 9.69 Å². The van der Waals surface area contributed by atoms with Crippen LogP contribution in [0.25, 0.3) is 0 Å². The highest BCUT2D eigenvalue weighted by Crippen LogP contribution is 2.13. The van der Waals surface area contributed by atoms with Crippen molar-refractivity contribution < 1.29 is 18.3 Å². The number of amides is 1. The first kappa shape index (κ1) is 20.0. The molecule has 0 unspecified atom stereocenters. The van der Waals surface area contributed by atoms with E-state index in [1.54, 1.807) is 29.3 Å². The minimum atomic E-state index is -0.327. The summed E-state index contributed by atoms with van der Waals surface area (Å²) in [5.41, 5.74) is 1.42. The van der Waals surface area contributed by atoms with Gasteiger partial charge < -0.3 is 9.64 Å². The molecule has 2 heterocycles. The molecule has 0 N–H and O–H groups in total. The van der Waals surface area contributed by atoms with E-state index in [4.69, 9.17) is 4.74 Å². The first-order valence-corrected chi connectivity index (χ1v) is 9.75. The number of hydrogen-bond acceptors (Lipinski definition) is 4. The van der Waals surface area contributed by atoms with Gasteiger partial charge in [0.1, 0.15) is 17.4 Å². The fourth-order valence-electron chi connectivity index (χ4n) is 3.34. The van der Waals surface area contributed by atoms with Gasteiger partial charge in [-0.25, -0.2) is 13.5 Å². The molecule has 8 heteroatoms. The molecule has 1 aromatic heterocycles. The molecule has 0 aliphatic carbocycles. The van der Waals surface area contributed by atoms with Gasteiger partial charge in [0, 0.05) is 38.9 Å². The van der Waals surface area contributed by atoms with Crippen molar-refractivity contribution in [3.63, 3.8) is 0 Å². The molecule has 0 bridgehead atoms. The van der Waals surface area contributed by atoms with Gasteiger partial charge in [0.05, 0.1) is 0 Å². The third-order valence-corrected chi connectivity index (χ3v) is 5.02. The third-order valence-electron chi connectivity index (χ3n) is 5.02. The zero-order valence-corrected chi connectivity index (χ0v) is 16.4. The van der Waals surface area contributed by atoms with E-state index in [0.717, 1.165) is 25.2 Å². The van der Waals surface area contributed by atoms with Crippen molar-refractivity contribution in [1.82, 2.24) is 19.6 Å². The molecule has 30 heavy (non-hydrogen) atoms. The van der Waals surface area contributed by atoms with Crippen molar-refractivity contribution in [2.75, 3.05) is 26.2 Å². The summed E-state index contributed by atoms with van der Waals surface area (Å²) in [6, 6.07) is 13.9. The molecule has 1 aliphatic heterocycles.